The van der Waals surface area contributed by atoms with Crippen molar-refractivity contribution in [1.29, 1.82) is 0 Å². The van der Waals surface area contributed by atoms with Gasteiger partial charge in [-0.1, -0.05) is 12.8 Å². The number of aromatic nitrogens is 2. The summed E-state index contributed by atoms with van der Waals surface area (Å²) in [4.78, 5) is 15.2. The highest BCUT2D eigenvalue weighted by Gasteiger charge is 2.38. The molecular formula is C20H25N3O. The summed E-state index contributed by atoms with van der Waals surface area (Å²) in [6.07, 6.45) is 7.21. The third-order valence-electron chi connectivity index (χ3n) is 5.26. The first-order valence-corrected chi connectivity index (χ1v) is 9.10. The Kier molecular flexibility index (Phi) is 3.91. The maximum atomic E-state index is 13.0. The van der Waals surface area contributed by atoms with E-state index in [1.165, 1.54) is 38.5 Å². The van der Waals surface area contributed by atoms with Gasteiger partial charge in [0.15, 0.2) is 0 Å². The van der Waals surface area contributed by atoms with Crippen LogP contribution in [-0.2, 0) is 0 Å². The summed E-state index contributed by atoms with van der Waals surface area (Å²) in [5.41, 5.74) is 3.93. The van der Waals surface area contributed by atoms with Crippen LogP contribution in [0.15, 0.2) is 30.3 Å². The van der Waals surface area contributed by atoms with Crippen molar-refractivity contribution in [1.82, 2.24) is 14.7 Å². The molecule has 24 heavy (non-hydrogen) atoms. The number of benzene rings is 1. The van der Waals surface area contributed by atoms with Crippen molar-refractivity contribution >= 4 is 5.91 Å². The van der Waals surface area contributed by atoms with Crippen LogP contribution in [0.25, 0.3) is 5.69 Å². The molecule has 0 atom stereocenters. The summed E-state index contributed by atoms with van der Waals surface area (Å²) in [6.45, 7) is 4.05. The molecule has 4 heteroatoms. The zero-order valence-electron chi connectivity index (χ0n) is 14.5. The molecular weight excluding hydrogens is 298 g/mol. The van der Waals surface area contributed by atoms with Crippen LogP contribution in [-0.4, -0.2) is 32.7 Å². The van der Waals surface area contributed by atoms with E-state index < -0.39 is 0 Å². The zero-order chi connectivity index (χ0) is 16.7. The van der Waals surface area contributed by atoms with Crippen LogP contribution < -0.4 is 0 Å². The van der Waals surface area contributed by atoms with Crippen LogP contribution in [0.2, 0.25) is 0 Å². The van der Waals surface area contributed by atoms with Crippen LogP contribution in [0.4, 0.5) is 0 Å². The van der Waals surface area contributed by atoms with Gasteiger partial charge in [-0.25, -0.2) is 4.68 Å². The minimum atomic E-state index is 0.212. The predicted octanol–water partition coefficient (Wildman–Crippen LogP) is 4.04. The normalized spacial score (nSPS) is 18.1. The smallest absolute Gasteiger partial charge is 0.254 e. The highest BCUT2D eigenvalue weighted by Crippen LogP contribution is 2.35. The lowest BCUT2D eigenvalue weighted by atomic mass is 10.1. The Balaban J connectivity index is 1.57. The third kappa shape index (κ3) is 2.85. The highest BCUT2D eigenvalue weighted by molar-refractivity contribution is 5.95. The second-order valence-electron chi connectivity index (χ2n) is 7.27. The minimum absolute atomic E-state index is 0.212. The number of hydrogen-bond acceptors (Lipinski definition) is 2. The van der Waals surface area contributed by atoms with Gasteiger partial charge in [-0.05, 0) is 69.9 Å². The van der Waals surface area contributed by atoms with Crippen molar-refractivity contribution in [3.8, 4) is 5.69 Å². The monoisotopic (exact) mass is 323 g/mol. The number of carbonyl (C=O) groups is 1. The molecule has 1 aromatic carbocycles. The molecule has 2 fully saturated rings. The number of rotatable bonds is 4. The Morgan fingerprint density at radius 1 is 1.04 bits per heavy atom. The first kappa shape index (κ1) is 15.4. The van der Waals surface area contributed by atoms with E-state index in [9.17, 15) is 4.79 Å². The Bertz CT molecular complexity index is 737. The predicted molar refractivity (Wildman–Crippen MR) is 94.5 cm³/mol. The van der Waals surface area contributed by atoms with Gasteiger partial charge >= 0.3 is 0 Å². The Labute approximate surface area is 143 Å². The minimum Gasteiger partial charge on any atom is -0.333 e. The van der Waals surface area contributed by atoms with E-state index in [1.807, 2.05) is 42.8 Å². The van der Waals surface area contributed by atoms with Crippen molar-refractivity contribution in [2.75, 3.05) is 0 Å². The van der Waals surface area contributed by atoms with Crippen molar-refractivity contribution < 1.29 is 4.79 Å². The van der Waals surface area contributed by atoms with Gasteiger partial charge in [-0.3, -0.25) is 4.79 Å². The molecule has 1 heterocycles. The van der Waals surface area contributed by atoms with E-state index in [0.29, 0.717) is 12.1 Å². The highest BCUT2D eigenvalue weighted by atomic mass is 16.2. The maximum absolute atomic E-state index is 13.0. The van der Waals surface area contributed by atoms with Gasteiger partial charge in [-0.2, -0.15) is 5.10 Å². The summed E-state index contributed by atoms with van der Waals surface area (Å²) in [5.74, 6) is 0.212. The standard InChI is InChI=1S/C20H25N3O/c1-14-13-15(2)23(21-14)19-9-7-16(8-10-19)20(24)22(18-11-12-18)17-5-3-4-6-17/h7-10,13,17-18H,3-6,11-12H2,1-2H3. The molecule has 0 saturated heterocycles. The first-order chi connectivity index (χ1) is 11.6. The average molecular weight is 323 g/mol. The fourth-order valence-corrected chi connectivity index (χ4v) is 3.95. The number of hydrogen-bond donors (Lipinski definition) is 0. The van der Waals surface area contributed by atoms with Crippen LogP contribution in [0.1, 0.15) is 60.3 Å². The maximum Gasteiger partial charge on any atom is 0.254 e. The van der Waals surface area contributed by atoms with Crippen molar-refractivity contribution in [3.05, 3.63) is 47.3 Å². The quantitative estimate of drug-likeness (QED) is 0.852. The number of carbonyl (C=O) groups excluding carboxylic acids is 1. The van der Waals surface area contributed by atoms with E-state index >= 15 is 0 Å². The first-order valence-electron chi connectivity index (χ1n) is 9.10. The summed E-state index contributed by atoms with van der Waals surface area (Å²) >= 11 is 0. The van der Waals surface area contributed by atoms with Gasteiger partial charge < -0.3 is 4.90 Å². The van der Waals surface area contributed by atoms with Crippen molar-refractivity contribution in [3.63, 3.8) is 0 Å². The molecule has 126 valence electrons. The number of aryl methyl sites for hydroxylation is 2. The average Bonchev–Trinajstić information content (AvgIpc) is 3.14. The van der Waals surface area contributed by atoms with Crippen LogP contribution in [0.3, 0.4) is 0 Å². The van der Waals surface area contributed by atoms with Gasteiger partial charge in [-0.15, -0.1) is 0 Å². The lowest BCUT2D eigenvalue weighted by Crippen LogP contribution is -2.40. The van der Waals surface area contributed by atoms with Gasteiger partial charge in [0, 0.05) is 23.3 Å². The van der Waals surface area contributed by atoms with E-state index in [2.05, 4.69) is 16.1 Å². The van der Waals surface area contributed by atoms with E-state index in [1.54, 1.807) is 0 Å². The van der Waals surface area contributed by atoms with Crippen molar-refractivity contribution in [2.24, 2.45) is 0 Å². The van der Waals surface area contributed by atoms with E-state index in [4.69, 9.17) is 0 Å². The molecule has 0 spiro atoms. The molecule has 0 aliphatic heterocycles. The molecule has 4 rings (SSSR count). The van der Waals surface area contributed by atoms with Crippen LogP contribution in [0.5, 0.6) is 0 Å². The number of amides is 1. The molecule has 2 saturated carbocycles. The summed E-state index contributed by atoms with van der Waals surface area (Å²) in [6, 6.07) is 10.9. The van der Waals surface area contributed by atoms with Gasteiger partial charge in [0.25, 0.3) is 5.91 Å². The molecule has 0 bridgehead atoms. The van der Waals surface area contributed by atoms with Crippen LogP contribution >= 0.6 is 0 Å². The molecule has 4 nitrogen and oxygen atoms in total. The molecule has 2 aromatic rings. The fraction of sp³-hybridized carbons (Fsp3) is 0.500. The topological polar surface area (TPSA) is 38.1 Å². The fourth-order valence-electron chi connectivity index (χ4n) is 3.95. The molecule has 0 unspecified atom stereocenters. The van der Waals surface area contributed by atoms with Crippen LogP contribution in [0, 0.1) is 13.8 Å². The second-order valence-corrected chi connectivity index (χ2v) is 7.27. The molecule has 1 aromatic heterocycles. The zero-order valence-corrected chi connectivity index (χ0v) is 14.5. The summed E-state index contributed by atoms with van der Waals surface area (Å²) in [5, 5.41) is 4.51. The SMILES string of the molecule is Cc1cc(C)n(-c2ccc(C(=O)N(C3CCCC3)C3CC3)cc2)n1. The van der Waals surface area contributed by atoms with E-state index in [-0.39, 0.29) is 5.91 Å². The van der Waals surface area contributed by atoms with Gasteiger partial charge in [0.1, 0.15) is 0 Å². The Morgan fingerprint density at radius 2 is 1.67 bits per heavy atom. The molecule has 0 radical (unpaired) electrons. The molecule has 2 aliphatic carbocycles. The lowest BCUT2D eigenvalue weighted by Gasteiger charge is -2.29. The summed E-state index contributed by atoms with van der Waals surface area (Å²) < 4.78 is 1.93. The van der Waals surface area contributed by atoms with Crippen molar-refractivity contribution in [2.45, 2.75) is 64.5 Å². The number of nitrogens with zero attached hydrogens (tertiary/aromatic N) is 3. The second kappa shape index (κ2) is 6.08. The van der Waals surface area contributed by atoms with Gasteiger partial charge in [0.05, 0.1) is 11.4 Å². The third-order valence-corrected chi connectivity index (χ3v) is 5.26. The van der Waals surface area contributed by atoms with E-state index in [0.717, 1.165) is 22.6 Å². The summed E-state index contributed by atoms with van der Waals surface area (Å²) in [7, 11) is 0. The van der Waals surface area contributed by atoms with Gasteiger partial charge in [0.2, 0.25) is 0 Å². The Morgan fingerprint density at radius 3 is 2.21 bits per heavy atom. The molecule has 2 aliphatic rings. The molecule has 1 amide bonds. The lowest BCUT2D eigenvalue weighted by molar-refractivity contribution is 0.0664. The largest absolute Gasteiger partial charge is 0.333 e. The Hall–Kier alpha value is -2.10. The molecule has 0 N–H and O–H groups in total.